The second-order valence-electron chi connectivity index (χ2n) is 18.8. The molecular formula is C50H53ClF2N8O4S. The molecule has 2 aliphatic rings. The predicted octanol–water partition coefficient (Wildman–Crippen LogP) is 10.8. The summed E-state index contributed by atoms with van der Waals surface area (Å²) in [7, 11) is 0. The van der Waals surface area contributed by atoms with Gasteiger partial charge in [-0.3, -0.25) is 9.59 Å². The van der Waals surface area contributed by atoms with Gasteiger partial charge in [-0.05, 0) is 121 Å². The molecule has 344 valence electrons. The summed E-state index contributed by atoms with van der Waals surface area (Å²) in [5.41, 5.74) is 7.25. The van der Waals surface area contributed by atoms with E-state index in [0.717, 1.165) is 69.7 Å². The Kier molecular flexibility index (Phi) is 13.4. The first kappa shape index (κ1) is 46.8. The number of rotatable bonds is 16. The second kappa shape index (κ2) is 18.9. The summed E-state index contributed by atoms with van der Waals surface area (Å²) in [5.74, 6) is 0.141. The van der Waals surface area contributed by atoms with Gasteiger partial charge in [0.25, 0.3) is 0 Å². The lowest BCUT2D eigenvalue weighted by atomic mass is 9.98. The van der Waals surface area contributed by atoms with Gasteiger partial charge in [0.1, 0.15) is 16.7 Å². The van der Waals surface area contributed by atoms with Gasteiger partial charge in [0.2, 0.25) is 0 Å². The van der Waals surface area contributed by atoms with E-state index in [1.54, 1.807) is 61.3 Å². The Labute approximate surface area is 391 Å². The molecule has 12 nitrogen and oxygen atoms in total. The Hall–Kier alpha value is -5.74. The molecule has 2 saturated carbocycles. The fourth-order valence-electron chi connectivity index (χ4n) is 7.58. The normalized spacial score (nSPS) is 14.0. The monoisotopic (exact) mass is 934 g/mol. The molecular weight excluding hydrogens is 882 g/mol. The van der Waals surface area contributed by atoms with Crippen molar-refractivity contribution in [1.29, 1.82) is 0 Å². The van der Waals surface area contributed by atoms with Crippen molar-refractivity contribution in [3.8, 4) is 22.5 Å². The van der Waals surface area contributed by atoms with Crippen molar-refractivity contribution in [1.82, 2.24) is 29.2 Å². The maximum atomic E-state index is 13.8. The van der Waals surface area contributed by atoms with Gasteiger partial charge >= 0.3 is 0 Å². The zero-order chi connectivity index (χ0) is 47.1. The molecule has 4 aromatic heterocycles. The highest BCUT2D eigenvalue weighted by atomic mass is 35.5. The van der Waals surface area contributed by atoms with E-state index < -0.39 is 22.8 Å². The number of nitrogens with one attached hydrogen (secondary N) is 2. The number of aliphatic hydroxyl groups is 2. The maximum absolute atomic E-state index is 13.8. The average molecular weight is 936 g/mol. The number of aromatic nitrogens is 6. The molecule has 2 fully saturated rings. The first-order chi connectivity index (χ1) is 31.3. The van der Waals surface area contributed by atoms with E-state index in [0.29, 0.717) is 74.7 Å². The number of aryl methyl sites for hydroxylation is 2. The van der Waals surface area contributed by atoms with Crippen LogP contribution in [0.25, 0.3) is 33.8 Å². The zero-order valence-electron chi connectivity index (χ0n) is 37.8. The van der Waals surface area contributed by atoms with Gasteiger partial charge in [-0.25, -0.2) is 27.8 Å². The minimum atomic E-state index is -0.978. The van der Waals surface area contributed by atoms with E-state index in [2.05, 4.69) is 25.7 Å². The molecule has 16 heteroatoms. The Morgan fingerprint density at radius 1 is 0.697 bits per heavy atom. The minimum Gasteiger partial charge on any atom is -0.389 e. The first-order valence-electron chi connectivity index (χ1n) is 22.0. The molecule has 4 heterocycles. The van der Waals surface area contributed by atoms with Crippen LogP contribution in [0.3, 0.4) is 0 Å². The van der Waals surface area contributed by atoms with Crippen LogP contribution in [0, 0.1) is 37.3 Å². The van der Waals surface area contributed by atoms with Crippen molar-refractivity contribution >= 4 is 57.6 Å². The van der Waals surface area contributed by atoms with Crippen LogP contribution < -0.4 is 10.6 Å². The van der Waals surface area contributed by atoms with E-state index in [1.807, 2.05) is 50.2 Å². The number of hydrogen-bond donors (Lipinski definition) is 4. The van der Waals surface area contributed by atoms with Gasteiger partial charge < -0.3 is 20.8 Å². The lowest BCUT2D eigenvalue weighted by Crippen LogP contribution is -2.29. The van der Waals surface area contributed by atoms with Crippen LogP contribution in [0.1, 0.15) is 98.1 Å². The van der Waals surface area contributed by atoms with Crippen molar-refractivity contribution in [2.45, 2.75) is 101 Å². The first-order valence-corrected chi connectivity index (χ1v) is 23.2. The van der Waals surface area contributed by atoms with E-state index in [9.17, 15) is 28.6 Å². The van der Waals surface area contributed by atoms with Gasteiger partial charge in [0.05, 0.1) is 46.4 Å². The fourth-order valence-corrected chi connectivity index (χ4v) is 8.65. The number of carbonyl (C=O) groups is 2. The van der Waals surface area contributed by atoms with Gasteiger partial charge in [0.15, 0.2) is 28.0 Å². The number of hydrogen-bond acceptors (Lipinski definition) is 11. The molecule has 0 aliphatic heterocycles. The summed E-state index contributed by atoms with van der Waals surface area (Å²) in [5, 5.41) is 36.6. The summed E-state index contributed by atoms with van der Waals surface area (Å²) < 4.78 is 31.0. The lowest BCUT2D eigenvalue weighted by molar-refractivity contribution is 0.0939. The SMILES string of the molecule is Cc1cc(-c2cnc3c(NCC(C)(C)O)cc(Cl)nn23)ccc1C(=O)CC1CC1.Cc1cc(-c2cnc3c(NCC(C)(C)O)cc(Sc4cc(F)cc(F)c4)nn23)ccc1C(=O)CC1CC1. The number of anilines is 2. The Balaban J connectivity index is 0.000000185. The third-order valence-corrected chi connectivity index (χ3v) is 12.4. The molecule has 66 heavy (non-hydrogen) atoms. The molecule has 9 rings (SSSR count). The molecule has 0 bridgehead atoms. The standard InChI is InChI=1S/C28H28F2N4O2S.C22H25ClN4O2/c1-16-8-18(6-7-22(16)25(35)9-17-4-5-17)24-14-31-27-23(32-15-28(2,3)36)13-26(33-34(24)27)37-21-11-19(29)10-20(30)12-21;1-13-8-15(6-7-16(13)19(28)9-14-4-5-14)18-11-24-21-17(25-12-22(2,3)29)10-20(23)26-27(18)21/h6-8,10-14,17,32,36H,4-5,9,15H2,1-3H3;6-8,10-11,14,25,29H,4-5,9,12H2,1-3H3. The van der Waals surface area contributed by atoms with Crippen LogP contribution in [0.5, 0.6) is 0 Å². The molecule has 3 aromatic carbocycles. The van der Waals surface area contributed by atoms with Crippen LogP contribution in [-0.2, 0) is 0 Å². The molecule has 0 amide bonds. The molecule has 2 aliphatic carbocycles. The summed E-state index contributed by atoms with van der Waals surface area (Å²) in [6.07, 6.45) is 9.27. The molecule has 0 spiro atoms. The number of halogens is 3. The minimum absolute atomic E-state index is 0.168. The highest BCUT2D eigenvalue weighted by Crippen LogP contribution is 2.37. The summed E-state index contributed by atoms with van der Waals surface area (Å²) >= 11 is 7.36. The molecule has 0 atom stereocenters. The Morgan fingerprint density at radius 2 is 1.15 bits per heavy atom. The quantitative estimate of drug-likeness (QED) is 0.0683. The van der Waals surface area contributed by atoms with E-state index >= 15 is 0 Å². The number of imidazole rings is 2. The molecule has 4 N–H and O–H groups in total. The third-order valence-electron chi connectivity index (χ3n) is 11.4. The Bertz CT molecular complexity index is 2950. The molecule has 0 unspecified atom stereocenters. The number of carbonyl (C=O) groups excluding carboxylic acids is 2. The average Bonchev–Trinajstić information content (AvgIpc) is 4.15. The van der Waals surface area contributed by atoms with E-state index in [4.69, 9.17) is 16.7 Å². The summed E-state index contributed by atoms with van der Waals surface area (Å²) in [4.78, 5) is 34.6. The van der Waals surface area contributed by atoms with Crippen molar-refractivity contribution in [3.63, 3.8) is 0 Å². The van der Waals surface area contributed by atoms with Gasteiger partial charge in [-0.1, -0.05) is 47.6 Å². The van der Waals surface area contributed by atoms with Crippen molar-refractivity contribution in [2.75, 3.05) is 23.7 Å². The van der Waals surface area contributed by atoms with Crippen LogP contribution >= 0.6 is 23.4 Å². The fraction of sp³-hybridized carbons (Fsp3) is 0.360. The predicted molar refractivity (Wildman–Crippen MR) is 255 cm³/mol. The van der Waals surface area contributed by atoms with Gasteiger partial charge in [-0.2, -0.15) is 10.2 Å². The maximum Gasteiger partial charge on any atom is 0.177 e. The highest BCUT2D eigenvalue weighted by Gasteiger charge is 2.27. The topological polar surface area (TPSA) is 159 Å². The third kappa shape index (κ3) is 11.6. The van der Waals surface area contributed by atoms with E-state index in [1.165, 1.54) is 25.0 Å². The van der Waals surface area contributed by atoms with Gasteiger partial charge in [0, 0.05) is 65.2 Å². The van der Waals surface area contributed by atoms with Crippen LogP contribution in [0.15, 0.2) is 89.0 Å². The lowest BCUT2D eigenvalue weighted by Gasteiger charge is -2.19. The highest BCUT2D eigenvalue weighted by molar-refractivity contribution is 7.99. The number of nitrogens with zero attached hydrogens (tertiary/aromatic N) is 6. The number of ketones is 2. The van der Waals surface area contributed by atoms with Crippen molar-refractivity contribution < 1.29 is 28.6 Å². The second-order valence-corrected chi connectivity index (χ2v) is 20.3. The van der Waals surface area contributed by atoms with Gasteiger partial charge in [-0.15, -0.1) is 0 Å². The van der Waals surface area contributed by atoms with Crippen molar-refractivity contribution in [3.05, 3.63) is 118 Å². The molecule has 7 aromatic rings. The number of Topliss-reactive ketones (excluding diaryl/α,β-unsaturated/α-hetero) is 2. The summed E-state index contributed by atoms with van der Waals surface area (Å²) in [6, 6.07) is 18.3. The largest absolute Gasteiger partial charge is 0.389 e. The van der Waals surface area contributed by atoms with E-state index in [-0.39, 0.29) is 18.1 Å². The number of benzene rings is 3. The van der Waals surface area contributed by atoms with Crippen molar-refractivity contribution in [2.24, 2.45) is 11.8 Å². The van der Waals surface area contributed by atoms with Crippen LogP contribution in [0.2, 0.25) is 5.15 Å². The smallest absolute Gasteiger partial charge is 0.177 e. The molecule has 0 saturated heterocycles. The zero-order valence-corrected chi connectivity index (χ0v) is 39.3. The number of fused-ring (bicyclic) bond motifs is 2. The Morgan fingerprint density at radius 3 is 1.59 bits per heavy atom. The van der Waals surface area contributed by atoms with Crippen LogP contribution in [-0.4, -0.2) is 75.3 Å². The van der Waals surface area contributed by atoms with Crippen LogP contribution in [0.4, 0.5) is 20.2 Å². The molecule has 0 radical (unpaired) electrons. The summed E-state index contributed by atoms with van der Waals surface area (Å²) in [6.45, 7) is 11.3.